The SMILES string of the molecule is C#Cc1c(F)ccc2cc(O)cc(-c3ncc4c(N5CC6CCC(C5)N6C(=O)/C(F)=C/c5cccnn5)nc(OC[C@@]56CCCN5C[C@H](F)C6)nc4c3F)c12. The molecule has 2 aromatic carbocycles. The number of benzene rings is 2. The molecule has 11 nitrogen and oxygen atoms in total. The highest BCUT2D eigenvalue weighted by Crippen LogP contribution is 2.43. The number of carbonyl (C=O) groups is 1. The average molecular weight is 751 g/mol. The summed E-state index contributed by atoms with van der Waals surface area (Å²) in [6.45, 7) is 1.65. The van der Waals surface area contributed by atoms with E-state index in [1.54, 1.807) is 17.0 Å². The fourth-order valence-corrected chi connectivity index (χ4v) is 9.03. The van der Waals surface area contributed by atoms with E-state index in [2.05, 4.69) is 31.0 Å². The number of carbonyl (C=O) groups excluding carboxylic acids is 1. The second-order valence-electron chi connectivity index (χ2n) is 14.7. The molecule has 4 fully saturated rings. The third-order valence-electron chi connectivity index (χ3n) is 11.4. The van der Waals surface area contributed by atoms with Crippen LogP contribution in [0.15, 0.2) is 54.6 Å². The van der Waals surface area contributed by atoms with Gasteiger partial charge in [0.2, 0.25) is 0 Å². The van der Waals surface area contributed by atoms with Crippen molar-refractivity contribution in [3.63, 3.8) is 0 Å². The molecule has 5 aromatic rings. The van der Waals surface area contributed by atoms with Gasteiger partial charge in [0.1, 0.15) is 41.4 Å². The molecule has 9 rings (SSSR count). The molecule has 0 saturated carbocycles. The molecule has 4 aliphatic rings. The predicted molar refractivity (Wildman–Crippen MR) is 195 cm³/mol. The van der Waals surface area contributed by atoms with Crippen LogP contribution in [0.4, 0.5) is 23.4 Å². The van der Waals surface area contributed by atoms with E-state index < -0.39 is 35.1 Å². The van der Waals surface area contributed by atoms with Gasteiger partial charge in [-0.15, -0.1) is 6.42 Å². The van der Waals surface area contributed by atoms with Crippen molar-refractivity contribution in [3.05, 3.63) is 77.5 Å². The molecule has 2 bridgehead atoms. The van der Waals surface area contributed by atoms with Crippen molar-refractivity contribution >= 4 is 39.5 Å². The number of aromatic nitrogens is 5. The predicted octanol–water partition coefficient (Wildman–Crippen LogP) is 5.75. The van der Waals surface area contributed by atoms with Gasteiger partial charge in [0.25, 0.3) is 5.91 Å². The van der Waals surface area contributed by atoms with E-state index in [1.165, 1.54) is 36.7 Å². The lowest BCUT2D eigenvalue weighted by Crippen LogP contribution is -2.56. The number of hydrogen-bond acceptors (Lipinski definition) is 10. The lowest BCUT2D eigenvalue weighted by atomic mass is 9.95. The Balaban J connectivity index is 1.12. The maximum absolute atomic E-state index is 17.1. The topological polar surface area (TPSA) is 121 Å². The van der Waals surface area contributed by atoms with Crippen molar-refractivity contribution < 1.29 is 32.2 Å². The first-order valence-corrected chi connectivity index (χ1v) is 18.2. The summed E-state index contributed by atoms with van der Waals surface area (Å²) in [7, 11) is 0. The van der Waals surface area contributed by atoms with Gasteiger partial charge in [-0.1, -0.05) is 12.0 Å². The molecule has 1 N–H and O–H groups in total. The number of hydrogen-bond donors (Lipinski definition) is 1. The molecule has 4 atom stereocenters. The summed E-state index contributed by atoms with van der Waals surface area (Å²) in [5.41, 5.74) is -0.762. The number of anilines is 1. The van der Waals surface area contributed by atoms with E-state index in [4.69, 9.17) is 16.1 Å². The van der Waals surface area contributed by atoms with Crippen LogP contribution in [-0.4, -0.2) is 103 Å². The Kier molecular flexibility index (Phi) is 8.53. The zero-order chi connectivity index (χ0) is 38.0. The minimum Gasteiger partial charge on any atom is -0.508 e. The first kappa shape index (κ1) is 34.9. The van der Waals surface area contributed by atoms with Gasteiger partial charge in [0, 0.05) is 55.5 Å². The Bertz CT molecular complexity index is 2430. The third-order valence-corrected chi connectivity index (χ3v) is 11.4. The van der Waals surface area contributed by atoms with Crippen LogP contribution in [-0.2, 0) is 4.79 Å². The molecule has 2 unspecified atom stereocenters. The molecule has 4 aliphatic heterocycles. The van der Waals surface area contributed by atoms with E-state index >= 15 is 8.78 Å². The van der Waals surface area contributed by atoms with Crippen molar-refractivity contribution in [2.24, 2.45) is 0 Å². The number of phenols is 1. The van der Waals surface area contributed by atoms with Gasteiger partial charge in [0.15, 0.2) is 11.6 Å². The summed E-state index contributed by atoms with van der Waals surface area (Å²) in [5.74, 6) is -0.856. The van der Waals surface area contributed by atoms with Gasteiger partial charge in [0.05, 0.1) is 34.3 Å². The molecule has 280 valence electrons. The molecule has 0 spiro atoms. The maximum Gasteiger partial charge on any atom is 0.319 e. The number of rotatable bonds is 7. The molecule has 0 aliphatic carbocycles. The zero-order valence-electron chi connectivity index (χ0n) is 29.4. The minimum absolute atomic E-state index is 0.0617. The highest BCUT2D eigenvalue weighted by Gasteiger charge is 2.50. The van der Waals surface area contributed by atoms with Gasteiger partial charge in [-0.2, -0.15) is 20.2 Å². The zero-order valence-corrected chi connectivity index (χ0v) is 29.4. The number of nitrogens with zero attached hydrogens (tertiary/aromatic N) is 8. The number of terminal acetylenes is 1. The van der Waals surface area contributed by atoms with Crippen LogP contribution in [0.25, 0.3) is 39.0 Å². The molecule has 0 radical (unpaired) electrons. The summed E-state index contributed by atoms with van der Waals surface area (Å²) in [6.07, 6.45) is 11.8. The molecule has 55 heavy (non-hydrogen) atoms. The summed E-state index contributed by atoms with van der Waals surface area (Å²) in [6, 6.07) is 7.52. The lowest BCUT2D eigenvalue weighted by molar-refractivity contribution is -0.131. The van der Waals surface area contributed by atoms with Gasteiger partial charge in [-0.05, 0) is 67.9 Å². The highest BCUT2D eigenvalue weighted by atomic mass is 19.1. The number of pyridine rings is 1. The van der Waals surface area contributed by atoms with Gasteiger partial charge >= 0.3 is 6.01 Å². The monoisotopic (exact) mass is 750 g/mol. The highest BCUT2D eigenvalue weighted by molar-refractivity contribution is 6.03. The summed E-state index contributed by atoms with van der Waals surface area (Å²) >= 11 is 0. The Morgan fingerprint density at radius 1 is 1.13 bits per heavy atom. The standard InChI is InChI=1S/C40H34F4N8O3/c1-2-28-31(42)9-6-22-13-27(53)15-29(33(22)28)35-34(44)36-30(17-45-35)37(48-39(47-36)55-21-40-10-4-12-51(40)18-23(41)16-40)50-19-25-7-8-26(20-50)52(25)38(54)32(43)14-24-5-3-11-46-49-24/h1,3,5-6,9,11,13-15,17,23,25-26,53H,4,7-8,10,12,16,18-21H2/b32-14-/t23-,25?,26?,40+/m1/s1. The van der Waals surface area contributed by atoms with E-state index in [9.17, 15) is 18.7 Å². The first-order chi connectivity index (χ1) is 26.6. The Morgan fingerprint density at radius 2 is 1.95 bits per heavy atom. The van der Waals surface area contributed by atoms with Crippen LogP contribution >= 0.6 is 0 Å². The van der Waals surface area contributed by atoms with Crippen molar-refractivity contribution in [2.45, 2.75) is 55.9 Å². The summed E-state index contributed by atoms with van der Waals surface area (Å²) in [4.78, 5) is 32.7. The Hall–Kier alpha value is -5.88. The van der Waals surface area contributed by atoms with Crippen LogP contribution in [0.1, 0.15) is 43.4 Å². The third kappa shape index (κ3) is 5.95. The van der Waals surface area contributed by atoms with Crippen LogP contribution in [0.5, 0.6) is 11.8 Å². The van der Waals surface area contributed by atoms with Gasteiger partial charge < -0.3 is 19.6 Å². The van der Waals surface area contributed by atoms with E-state index in [0.717, 1.165) is 25.5 Å². The second-order valence-corrected chi connectivity index (χ2v) is 14.7. The summed E-state index contributed by atoms with van der Waals surface area (Å²) in [5, 5.41) is 19.0. The second kappa shape index (κ2) is 13.5. The van der Waals surface area contributed by atoms with Crippen molar-refractivity contribution in [1.82, 2.24) is 34.9 Å². The maximum atomic E-state index is 17.1. The Labute approximate surface area is 312 Å². The van der Waals surface area contributed by atoms with Crippen molar-refractivity contribution in [3.8, 4) is 35.4 Å². The molecule has 4 saturated heterocycles. The van der Waals surface area contributed by atoms with Gasteiger partial charge in [-0.3, -0.25) is 14.7 Å². The van der Waals surface area contributed by atoms with Crippen LogP contribution in [0.2, 0.25) is 0 Å². The van der Waals surface area contributed by atoms with Crippen LogP contribution < -0.4 is 9.64 Å². The molecular weight excluding hydrogens is 716 g/mol. The average Bonchev–Trinajstić information content (AvgIpc) is 3.80. The quantitative estimate of drug-likeness (QED) is 0.125. The first-order valence-electron chi connectivity index (χ1n) is 18.2. The lowest BCUT2D eigenvalue weighted by Gasteiger charge is -2.41. The van der Waals surface area contributed by atoms with Crippen LogP contribution in [0, 0.1) is 24.0 Å². The molecule has 7 heterocycles. The number of ether oxygens (including phenoxy) is 1. The molecule has 3 aromatic heterocycles. The normalized spacial score (nSPS) is 23.8. The van der Waals surface area contributed by atoms with E-state index in [1.807, 2.05) is 4.90 Å². The number of fused-ring (bicyclic) bond motifs is 5. The number of amides is 1. The number of alkyl halides is 1. The van der Waals surface area contributed by atoms with Crippen molar-refractivity contribution in [1.29, 1.82) is 0 Å². The smallest absolute Gasteiger partial charge is 0.319 e. The molecule has 1 amide bonds. The summed E-state index contributed by atoms with van der Waals surface area (Å²) < 4.78 is 68.2. The van der Waals surface area contributed by atoms with Gasteiger partial charge in [-0.25, -0.2) is 17.6 Å². The largest absolute Gasteiger partial charge is 0.508 e. The Morgan fingerprint density at radius 3 is 2.71 bits per heavy atom. The molecule has 15 heteroatoms. The fraction of sp³-hybridized carbons (Fsp3) is 0.350. The van der Waals surface area contributed by atoms with E-state index in [0.29, 0.717) is 37.0 Å². The number of aromatic hydroxyl groups is 1. The number of halogens is 4. The van der Waals surface area contributed by atoms with Crippen LogP contribution in [0.3, 0.4) is 0 Å². The fourth-order valence-electron chi connectivity index (χ4n) is 9.03. The van der Waals surface area contributed by atoms with E-state index in [-0.39, 0.29) is 82.3 Å². The number of phenolic OH excluding ortho intramolecular Hbond substituents is 1. The minimum atomic E-state index is -0.993. The number of piperazine rings is 1. The van der Waals surface area contributed by atoms with Crippen molar-refractivity contribution in [2.75, 3.05) is 37.7 Å². The molecular formula is C40H34F4N8O3.